The number of rotatable bonds is 12. The molecular weight excluding hydrogens is 424 g/mol. The predicted octanol–water partition coefficient (Wildman–Crippen LogP) is 1.57. The standard InChI is InChI=1S/C20H30N4O6S/c1-4-7-15(16-10-14(28-3)11-17(26)30-16)22-19(27)20(21)12-31-18(23-20)13(2)24-29-9-6-5-8-25/h10-11,15,25H,4-9,12,21H2,1-3H3,(H,22,27)/b24-13+/t15-,20+/m1/s1. The molecule has 1 amide bonds. The number of thioether (sulfide) groups is 1. The van der Waals surface area contributed by atoms with Crippen LogP contribution >= 0.6 is 11.8 Å². The Morgan fingerprint density at radius 2 is 2.26 bits per heavy atom. The second-order valence-electron chi connectivity index (χ2n) is 7.10. The maximum absolute atomic E-state index is 13.0. The van der Waals surface area contributed by atoms with Gasteiger partial charge in [-0.25, -0.2) is 9.79 Å². The zero-order chi connectivity index (χ0) is 22.9. The van der Waals surface area contributed by atoms with Crippen LogP contribution in [0.4, 0.5) is 0 Å². The van der Waals surface area contributed by atoms with E-state index in [1.807, 2.05) is 6.92 Å². The van der Waals surface area contributed by atoms with Gasteiger partial charge < -0.3 is 24.4 Å². The van der Waals surface area contributed by atoms with E-state index in [-0.39, 0.29) is 12.4 Å². The lowest BCUT2D eigenvalue weighted by molar-refractivity contribution is -0.126. The SMILES string of the molecule is CCC[C@@H](NC(=O)[C@]1(N)CSC(/C(C)=N/OCCCCO)=N1)c1cc(OC)cc(=O)o1. The molecule has 1 aromatic rings. The molecule has 11 heteroatoms. The van der Waals surface area contributed by atoms with Crippen LogP contribution in [0.2, 0.25) is 0 Å². The van der Waals surface area contributed by atoms with Crippen molar-refractivity contribution in [3.05, 3.63) is 28.3 Å². The van der Waals surface area contributed by atoms with E-state index < -0.39 is 23.2 Å². The number of carbonyl (C=O) groups is 1. The van der Waals surface area contributed by atoms with Crippen molar-refractivity contribution in [1.29, 1.82) is 0 Å². The summed E-state index contributed by atoms with van der Waals surface area (Å²) in [5.74, 6) is 0.418. The lowest BCUT2D eigenvalue weighted by Gasteiger charge is -2.23. The van der Waals surface area contributed by atoms with Gasteiger partial charge in [0.1, 0.15) is 28.9 Å². The van der Waals surface area contributed by atoms with Crippen molar-refractivity contribution in [3.63, 3.8) is 0 Å². The van der Waals surface area contributed by atoms with Crippen LogP contribution in [0.3, 0.4) is 0 Å². The zero-order valence-electron chi connectivity index (χ0n) is 18.1. The lowest BCUT2D eigenvalue weighted by Crippen LogP contribution is -2.54. The quantitative estimate of drug-likeness (QED) is 0.245. The second-order valence-corrected chi connectivity index (χ2v) is 8.07. The Hall–Kier alpha value is -2.37. The molecule has 0 aromatic carbocycles. The predicted molar refractivity (Wildman–Crippen MR) is 120 cm³/mol. The first kappa shape index (κ1) is 24.9. The Balaban J connectivity index is 2.10. The average molecular weight is 455 g/mol. The van der Waals surface area contributed by atoms with Gasteiger partial charge in [-0.1, -0.05) is 18.5 Å². The molecular formula is C20H30N4O6S. The largest absolute Gasteiger partial charge is 0.496 e. The summed E-state index contributed by atoms with van der Waals surface area (Å²) in [6.07, 6.45) is 2.62. The number of hydrogen-bond donors (Lipinski definition) is 3. The van der Waals surface area contributed by atoms with E-state index in [1.54, 1.807) is 13.0 Å². The minimum absolute atomic E-state index is 0.109. The molecule has 0 fully saturated rings. The number of carbonyl (C=O) groups excluding carboxylic acids is 1. The molecule has 0 radical (unpaired) electrons. The first-order chi connectivity index (χ1) is 14.8. The average Bonchev–Trinajstić information content (AvgIpc) is 3.16. The van der Waals surface area contributed by atoms with Gasteiger partial charge in [0.05, 0.1) is 19.2 Å². The number of aliphatic hydroxyl groups is 1. The molecule has 0 aliphatic carbocycles. The van der Waals surface area contributed by atoms with Gasteiger partial charge in [-0.15, -0.1) is 11.8 Å². The molecule has 2 heterocycles. The van der Waals surface area contributed by atoms with Crippen molar-refractivity contribution in [2.45, 2.75) is 51.2 Å². The monoisotopic (exact) mass is 454 g/mol. The Kier molecular flexibility index (Phi) is 9.53. The van der Waals surface area contributed by atoms with E-state index in [0.717, 1.165) is 6.42 Å². The van der Waals surface area contributed by atoms with Crippen LogP contribution in [0.1, 0.15) is 51.3 Å². The van der Waals surface area contributed by atoms with Crippen molar-refractivity contribution in [2.24, 2.45) is 15.9 Å². The third kappa shape index (κ3) is 7.08. The van der Waals surface area contributed by atoms with Gasteiger partial charge in [0.2, 0.25) is 0 Å². The van der Waals surface area contributed by atoms with Crippen molar-refractivity contribution in [1.82, 2.24) is 5.32 Å². The van der Waals surface area contributed by atoms with Crippen LogP contribution in [0, 0.1) is 0 Å². The summed E-state index contributed by atoms with van der Waals surface area (Å²) in [5, 5.41) is 16.2. The van der Waals surface area contributed by atoms with Crippen LogP contribution < -0.4 is 21.4 Å². The minimum Gasteiger partial charge on any atom is -0.496 e. The molecule has 2 atom stereocenters. The zero-order valence-corrected chi connectivity index (χ0v) is 18.9. The fourth-order valence-electron chi connectivity index (χ4n) is 2.81. The lowest BCUT2D eigenvalue weighted by atomic mass is 10.1. The number of ether oxygens (including phenoxy) is 1. The number of nitrogens with two attached hydrogens (primary N) is 1. The van der Waals surface area contributed by atoms with Crippen molar-refractivity contribution < 1.29 is 23.9 Å². The number of oxime groups is 1. The summed E-state index contributed by atoms with van der Waals surface area (Å²) in [7, 11) is 1.45. The molecule has 0 saturated carbocycles. The highest BCUT2D eigenvalue weighted by Crippen LogP contribution is 2.27. The molecule has 31 heavy (non-hydrogen) atoms. The highest BCUT2D eigenvalue weighted by molar-refractivity contribution is 8.16. The van der Waals surface area contributed by atoms with E-state index >= 15 is 0 Å². The van der Waals surface area contributed by atoms with Gasteiger partial charge in [-0.3, -0.25) is 10.5 Å². The van der Waals surface area contributed by atoms with Gasteiger partial charge in [0, 0.05) is 18.4 Å². The normalized spacial score (nSPS) is 19.6. The fraction of sp³-hybridized carbons (Fsp3) is 0.600. The number of methoxy groups -OCH3 is 1. The van der Waals surface area contributed by atoms with Crippen LogP contribution in [0.15, 0.2) is 31.5 Å². The highest BCUT2D eigenvalue weighted by atomic mass is 32.2. The Morgan fingerprint density at radius 1 is 1.48 bits per heavy atom. The van der Waals surface area contributed by atoms with E-state index in [9.17, 15) is 9.59 Å². The Bertz CT molecular complexity index is 871. The highest BCUT2D eigenvalue weighted by Gasteiger charge is 2.41. The van der Waals surface area contributed by atoms with E-state index in [1.165, 1.54) is 24.9 Å². The summed E-state index contributed by atoms with van der Waals surface area (Å²) in [4.78, 5) is 34.3. The van der Waals surface area contributed by atoms with Crippen molar-refractivity contribution in [3.8, 4) is 5.75 Å². The molecule has 0 unspecified atom stereocenters. The first-order valence-electron chi connectivity index (χ1n) is 10.1. The second kappa shape index (κ2) is 11.9. The summed E-state index contributed by atoms with van der Waals surface area (Å²) in [5.41, 5.74) is 4.76. The number of amides is 1. The van der Waals surface area contributed by atoms with Gasteiger partial charge in [0.15, 0.2) is 5.66 Å². The number of unbranched alkanes of at least 4 members (excludes halogenated alkanes) is 1. The molecule has 1 aromatic heterocycles. The molecule has 2 rings (SSSR count). The Morgan fingerprint density at radius 3 is 2.94 bits per heavy atom. The van der Waals surface area contributed by atoms with Gasteiger partial charge in [-0.2, -0.15) is 0 Å². The molecule has 1 aliphatic heterocycles. The molecule has 10 nitrogen and oxygen atoms in total. The topological polar surface area (TPSA) is 149 Å². The number of aliphatic imine (C=N–C) groups is 1. The molecule has 4 N–H and O–H groups in total. The van der Waals surface area contributed by atoms with Crippen molar-refractivity contribution >= 4 is 28.4 Å². The summed E-state index contributed by atoms with van der Waals surface area (Å²) < 4.78 is 10.4. The van der Waals surface area contributed by atoms with E-state index in [4.69, 9.17) is 24.8 Å². The van der Waals surface area contributed by atoms with Crippen molar-refractivity contribution in [2.75, 3.05) is 26.1 Å². The smallest absolute Gasteiger partial charge is 0.339 e. The van der Waals surface area contributed by atoms with E-state index in [0.29, 0.717) is 48.1 Å². The number of hydrogen-bond acceptors (Lipinski definition) is 10. The number of nitrogens with one attached hydrogen (secondary N) is 1. The molecule has 0 spiro atoms. The maximum Gasteiger partial charge on any atom is 0.339 e. The Labute approximate surface area is 185 Å². The molecule has 0 bridgehead atoms. The van der Waals surface area contributed by atoms with Crippen LogP contribution in [-0.4, -0.2) is 53.5 Å². The number of aliphatic hydroxyl groups excluding tert-OH is 1. The molecule has 0 saturated heterocycles. The van der Waals surface area contributed by atoms with Gasteiger partial charge >= 0.3 is 5.63 Å². The first-order valence-corrected chi connectivity index (χ1v) is 11.1. The third-order valence-electron chi connectivity index (χ3n) is 4.50. The molecule has 172 valence electrons. The fourth-order valence-corrected chi connectivity index (χ4v) is 3.83. The maximum atomic E-state index is 13.0. The molecule has 1 aliphatic rings. The third-order valence-corrected chi connectivity index (χ3v) is 5.75. The van der Waals surface area contributed by atoms with Crippen LogP contribution in [0.25, 0.3) is 0 Å². The summed E-state index contributed by atoms with van der Waals surface area (Å²) in [6, 6.07) is 2.26. The van der Waals surface area contributed by atoms with Crippen LogP contribution in [-0.2, 0) is 9.63 Å². The minimum atomic E-state index is -1.47. The van der Waals surface area contributed by atoms with E-state index in [2.05, 4.69) is 15.5 Å². The summed E-state index contributed by atoms with van der Waals surface area (Å²) in [6.45, 7) is 4.18. The van der Waals surface area contributed by atoms with Crippen LogP contribution in [0.5, 0.6) is 5.75 Å². The number of nitrogens with zero attached hydrogens (tertiary/aromatic N) is 2. The van der Waals surface area contributed by atoms with Gasteiger partial charge in [-0.05, 0) is 26.2 Å². The van der Waals surface area contributed by atoms with Gasteiger partial charge in [0.25, 0.3) is 5.91 Å². The summed E-state index contributed by atoms with van der Waals surface area (Å²) >= 11 is 1.32.